The monoisotopic (exact) mass is 912 g/mol. The molecule has 2 atom stereocenters. The molecule has 6 aromatic rings. The third-order valence-corrected chi connectivity index (χ3v) is 12.9. The van der Waals surface area contributed by atoms with Gasteiger partial charge in [0.1, 0.15) is 21.1 Å². The van der Waals surface area contributed by atoms with Crippen LogP contribution in [0.5, 0.6) is 0 Å². The van der Waals surface area contributed by atoms with E-state index in [4.69, 9.17) is 40.0 Å². The van der Waals surface area contributed by atoms with Crippen LogP contribution in [0, 0.1) is 20.2 Å². The van der Waals surface area contributed by atoms with Crippen molar-refractivity contribution in [2.75, 3.05) is 49.2 Å². The molecule has 0 radical (unpaired) electrons. The number of ether oxygens (including phenoxy) is 1. The van der Waals surface area contributed by atoms with E-state index in [-0.39, 0.29) is 11.4 Å². The summed E-state index contributed by atoms with van der Waals surface area (Å²) in [7, 11) is 0. The van der Waals surface area contributed by atoms with Crippen molar-refractivity contribution in [2.45, 2.75) is 48.5 Å². The van der Waals surface area contributed by atoms with Crippen LogP contribution < -0.4 is 20.4 Å². The summed E-state index contributed by atoms with van der Waals surface area (Å²) in [6.07, 6.45) is 6.63. The van der Waals surface area contributed by atoms with Crippen molar-refractivity contribution in [1.82, 2.24) is 29.7 Å². The average Bonchev–Trinajstić information content (AvgIpc) is 4.08. The molecule has 4 aromatic carbocycles. The Bertz CT molecular complexity index is 2700. The number of hydrogen-bond acceptors (Lipinski definition) is 15. The van der Waals surface area contributed by atoms with Gasteiger partial charge in [0.2, 0.25) is 11.9 Å². The predicted molar refractivity (Wildman–Crippen MR) is 258 cm³/mol. The Hall–Kier alpha value is -6.70. The Balaban J connectivity index is 0.000000164. The molecule has 10 rings (SSSR count). The number of nitro benzene ring substituents is 2. The van der Waals surface area contributed by atoms with Crippen LogP contribution in [0.2, 0.25) is 0 Å². The molecule has 334 valence electrons. The number of anilines is 2. The minimum Gasteiger partial charge on any atom is -0.378 e. The number of aliphatic imine (C=N–C) groups is 2. The number of morpholine rings is 1. The van der Waals surface area contributed by atoms with Crippen LogP contribution >= 0.6 is 25.3 Å². The molecule has 6 heterocycles. The van der Waals surface area contributed by atoms with E-state index in [1.165, 1.54) is 29.8 Å². The average molecular weight is 913 g/mol. The van der Waals surface area contributed by atoms with Crippen LogP contribution in [-0.2, 0) is 40.4 Å². The zero-order valence-electron chi connectivity index (χ0n) is 35.4. The summed E-state index contributed by atoms with van der Waals surface area (Å²) in [6, 6.07) is 33.6. The fourth-order valence-corrected chi connectivity index (χ4v) is 9.32. The number of rotatable bonds is 12. The lowest BCUT2D eigenvalue weighted by atomic mass is 10.0. The summed E-state index contributed by atoms with van der Waals surface area (Å²) in [4.78, 5) is 43.5. The molecule has 0 spiro atoms. The van der Waals surface area contributed by atoms with E-state index < -0.39 is 19.6 Å². The second-order valence-electron chi connectivity index (χ2n) is 16.3. The van der Waals surface area contributed by atoms with Crippen molar-refractivity contribution in [3.8, 4) is 0 Å². The maximum atomic E-state index is 11.0. The summed E-state index contributed by atoms with van der Waals surface area (Å²) in [5.74, 6) is 3.32. The van der Waals surface area contributed by atoms with Gasteiger partial charge < -0.3 is 25.2 Å². The highest BCUT2D eigenvalue weighted by atomic mass is 32.1. The van der Waals surface area contributed by atoms with E-state index in [0.717, 1.165) is 90.6 Å². The smallest absolute Gasteiger partial charge is 0.269 e. The summed E-state index contributed by atoms with van der Waals surface area (Å²) in [6.45, 7) is 6.07. The van der Waals surface area contributed by atoms with Gasteiger partial charge in [0.05, 0.1) is 48.8 Å². The van der Waals surface area contributed by atoms with Crippen molar-refractivity contribution >= 4 is 72.8 Å². The van der Waals surface area contributed by atoms with Crippen molar-refractivity contribution in [2.24, 2.45) is 9.98 Å². The van der Waals surface area contributed by atoms with Gasteiger partial charge in [-0.3, -0.25) is 29.4 Å². The van der Waals surface area contributed by atoms with E-state index in [1.54, 1.807) is 36.9 Å². The molecule has 65 heavy (non-hydrogen) atoms. The zero-order chi connectivity index (χ0) is 45.0. The maximum Gasteiger partial charge on any atom is 0.269 e. The molecule has 4 aliphatic rings. The topological polar surface area (TPSA) is 186 Å². The second kappa shape index (κ2) is 18.8. The third kappa shape index (κ3) is 9.43. The van der Waals surface area contributed by atoms with Gasteiger partial charge in [-0.2, -0.15) is 0 Å². The molecule has 0 amide bonds. The lowest BCUT2D eigenvalue weighted by Gasteiger charge is -2.30. The molecular formula is C46H48N12O5S2. The first-order valence-corrected chi connectivity index (χ1v) is 22.4. The third-order valence-electron chi connectivity index (χ3n) is 11.9. The van der Waals surface area contributed by atoms with Crippen LogP contribution in [-0.4, -0.2) is 81.0 Å². The molecule has 0 bridgehead atoms. The number of thiol groups is 2. The minimum atomic E-state index is -0.809. The first-order chi connectivity index (χ1) is 31.6. The second-order valence-corrected chi connectivity index (χ2v) is 17.9. The van der Waals surface area contributed by atoms with Crippen molar-refractivity contribution < 1.29 is 14.6 Å². The zero-order valence-corrected chi connectivity index (χ0v) is 37.2. The Morgan fingerprint density at radius 2 is 0.969 bits per heavy atom. The van der Waals surface area contributed by atoms with Crippen LogP contribution in [0.3, 0.4) is 0 Å². The van der Waals surface area contributed by atoms with Crippen molar-refractivity contribution in [1.29, 1.82) is 0 Å². The number of benzene rings is 4. The molecule has 19 heteroatoms. The lowest BCUT2D eigenvalue weighted by molar-refractivity contribution is -0.385. The van der Waals surface area contributed by atoms with Gasteiger partial charge in [0.25, 0.3) is 11.4 Å². The lowest BCUT2D eigenvalue weighted by Crippen LogP contribution is -2.41. The number of nitrogens with zero attached hydrogens (tertiary/aromatic N) is 10. The number of nitrogens with one attached hydrogen (secondary N) is 2. The van der Waals surface area contributed by atoms with E-state index in [9.17, 15) is 20.2 Å². The number of nitro groups is 2. The molecule has 2 fully saturated rings. The highest BCUT2D eigenvalue weighted by Crippen LogP contribution is 2.43. The maximum absolute atomic E-state index is 11.0. The fourth-order valence-electron chi connectivity index (χ4n) is 8.54. The number of aromatic nitrogens is 4. The first kappa shape index (κ1) is 43.5. The Morgan fingerprint density at radius 3 is 1.37 bits per heavy atom. The van der Waals surface area contributed by atoms with Gasteiger partial charge in [0.15, 0.2) is 11.6 Å². The summed E-state index contributed by atoms with van der Waals surface area (Å²) in [5, 5.41) is 28.5. The Kier molecular flexibility index (Phi) is 12.6. The molecule has 0 aliphatic carbocycles. The minimum absolute atomic E-state index is 0.0626. The Morgan fingerprint density at radius 1 is 0.569 bits per heavy atom. The SMILES string of the molecule is O=[N+]([O-])c1ccc(CC2(S)NC=Nc3c2nc(N2CCCC2)n3Cc2ccccc2)cc1.O=[N+]([O-])c1ccc(CC2(S)NC=Nc3c2nc(N2CCOCC2)n3Cc2ccccc2)cc1. The summed E-state index contributed by atoms with van der Waals surface area (Å²) >= 11 is 10.0. The largest absolute Gasteiger partial charge is 0.378 e. The van der Waals surface area contributed by atoms with Gasteiger partial charge in [-0.15, -0.1) is 25.3 Å². The number of hydrogen-bond donors (Lipinski definition) is 4. The molecular weight excluding hydrogens is 865 g/mol. The van der Waals surface area contributed by atoms with Crippen LogP contribution in [0.1, 0.15) is 46.5 Å². The normalized spacial score (nSPS) is 19.7. The van der Waals surface area contributed by atoms with E-state index >= 15 is 0 Å². The van der Waals surface area contributed by atoms with Crippen molar-refractivity contribution in [3.05, 3.63) is 163 Å². The molecule has 17 nitrogen and oxygen atoms in total. The molecule has 2 aromatic heterocycles. The van der Waals surface area contributed by atoms with Gasteiger partial charge in [-0.25, -0.2) is 20.0 Å². The molecule has 2 saturated heterocycles. The number of non-ortho nitro benzene ring substituents is 2. The van der Waals surface area contributed by atoms with E-state index in [2.05, 4.69) is 63.8 Å². The molecule has 2 unspecified atom stereocenters. The number of imidazole rings is 2. The highest BCUT2D eigenvalue weighted by Gasteiger charge is 2.40. The Labute approximate surface area is 386 Å². The van der Waals surface area contributed by atoms with E-state index in [0.29, 0.717) is 39.1 Å². The molecule has 4 aliphatic heterocycles. The van der Waals surface area contributed by atoms with Crippen LogP contribution in [0.4, 0.5) is 34.9 Å². The van der Waals surface area contributed by atoms with Crippen LogP contribution in [0.15, 0.2) is 119 Å². The first-order valence-electron chi connectivity index (χ1n) is 21.5. The van der Waals surface area contributed by atoms with E-state index in [1.807, 2.05) is 36.4 Å². The highest BCUT2D eigenvalue weighted by molar-refractivity contribution is 7.81. The standard InChI is InChI=1S/C23H24N6O3S.C23H24N6O2S/c30-29(31)19-8-6-17(7-9-19)14-23(33)20-21(24-16-25-23)28(15-18-4-2-1-3-5-18)22(26-20)27-10-12-32-13-11-27;30-29(31)19-10-8-17(9-11-19)14-23(32)20-21(24-16-25-23)28(15-18-6-2-1-3-7-18)22(26-20)27-12-4-5-13-27/h1-9,16,33H,10-15H2,(H,24,25);1-3,6-11,16,32H,4-5,12-15H2,(H,24,25). The molecule has 2 N–H and O–H groups in total. The van der Waals surface area contributed by atoms with Gasteiger partial charge >= 0.3 is 0 Å². The van der Waals surface area contributed by atoms with Gasteiger partial charge in [0, 0.05) is 63.3 Å². The molecule has 0 saturated carbocycles. The van der Waals surface area contributed by atoms with Gasteiger partial charge in [-0.1, -0.05) is 84.9 Å². The predicted octanol–water partition coefficient (Wildman–Crippen LogP) is 7.29. The fraction of sp³-hybridized carbons (Fsp3) is 0.304. The number of fused-ring (bicyclic) bond motifs is 2. The van der Waals surface area contributed by atoms with Gasteiger partial charge in [-0.05, 0) is 35.1 Å². The van der Waals surface area contributed by atoms with Crippen molar-refractivity contribution in [3.63, 3.8) is 0 Å². The summed E-state index contributed by atoms with van der Waals surface area (Å²) in [5.41, 5.74) is 5.83. The summed E-state index contributed by atoms with van der Waals surface area (Å²) < 4.78 is 9.85. The van der Waals surface area contributed by atoms with Crippen LogP contribution in [0.25, 0.3) is 0 Å². The quantitative estimate of drug-likeness (QED) is 0.0549.